The van der Waals surface area contributed by atoms with Crippen molar-refractivity contribution < 1.29 is 38.4 Å². The zero-order chi connectivity index (χ0) is 28.6. The number of hydrogen-bond acceptors (Lipinski definition) is 8. The van der Waals surface area contributed by atoms with Crippen molar-refractivity contribution >= 4 is 29.0 Å². The molecule has 1 fully saturated rings. The number of halogens is 2. The molecular weight excluding hydrogens is 536 g/mol. The highest BCUT2D eigenvalue weighted by molar-refractivity contribution is 7.16. The van der Waals surface area contributed by atoms with Crippen LogP contribution in [0.25, 0.3) is 0 Å². The summed E-state index contributed by atoms with van der Waals surface area (Å²) in [5, 5.41) is 30.7. The first-order valence-electron chi connectivity index (χ1n) is 13.2. The molecule has 1 aliphatic rings. The van der Waals surface area contributed by atoms with E-state index in [0.29, 0.717) is 16.6 Å². The number of carbonyl (C=O) groups is 2. The van der Waals surface area contributed by atoms with E-state index in [4.69, 9.17) is 9.84 Å². The van der Waals surface area contributed by atoms with Crippen LogP contribution in [0.5, 0.6) is 0 Å². The normalized spacial score (nSPS) is 20.3. The van der Waals surface area contributed by atoms with Crippen molar-refractivity contribution in [3.05, 3.63) is 44.1 Å². The molecule has 0 aromatic carbocycles. The first-order chi connectivity index (χ1) is 18.6. The summed E-state index contributed by atoms with van der Waals surface area (Å²) in [7, 11) is 0. The number of hydrogen-bond donors (Lipinski definition) is 4. The lowest BCUT2D eigenvalue weighted by atomic mass is 10.0. The highest BCUT2D eigenvalue weighted by Crippen LogP contribution is 2.42. The predicted octanol–water partition coefficient (Wildman–Crippen LogP) is 4.21. The number of ether oxygens (including phenoxy) is 1. The van der Waals surface area contributed by atoms with Crippen LogP contribution in [0.1, 0.15) is 95.8 Å². The number of carbonyl (C=O) groups excluding carboxylic acids is 1. The molecule has 4 N–H and O–H groups in total. The lowest BCUT2D eigenvalue weighted by Gasteiger charge is -2.21. The van der Waals surface area contributed by atoms with Gasteiger partial charge in [-0.3, -0.25) is 9.36 Å². The molecule has 3 heterocycles. The molecule has 2 aromatic heterocycles. The Bertz CT molecular complexity index is 1190. The van der Waals surface area contributed by atoms with Gasteiger partial charge in [0.25, 0.3) is 5.91 Å². The van der Waals surface area contributed by atoms with Gasteiger partial charge in [-0.25, -0.2) is 9.59 Å². The third-order valence-electron chi connectivity index (χ3n) is 6.66. The monoisotopic (exact) mass is 571 g/mol. The summed E-state index contributed by atoms with van der Waals surface area (Å²) >= 11 is 0.812. The minimum atomic E-state index is -3.86. The Kier molecular flexibility index (Phi) is 11.1. The Morgan fingerprint density at radius 3 is 2.36 bits per heavy atom. The van der Waals surface area contributed by atoms with Crippen LogP contribution in [0.2, 0.25) is 0 Å². The second kappa shape index (κ2) is 14.1. The molecular formula is C26H35F2N3O7S. The van der Waals surface area contributed by atoms with Gasteiger partial charge in [-0.1, -0.05) is 58.3 Å². The first kappa shape index (κ1) is 30.8. The zero-order valence-electron chi connectivity index (χ0n) is 21.8. The fourth-order valence-electron chi connectivity index (χ4n) is 4.49. The summed E-state index contributed by atoms with van der Waals surface area (Å²) in [4.78, 5) is 40.7. The molecule has 1 amide bonds. The van der Waals surface area contributed by atoms with Crippen molar-refractivity contribution in [1.82, 2.24) is 9.55 Å². The third-order valence-corrected chi connectivity index (χ3v) is 7.82. The molecule has 3 atom stereocenters. The van der Waals surface area contributed by atoms with Crippen LogP contribution in [0.4, 0.5) is 14.6 Å². The average molecular weight is 572 g/mol. The van der Waals surface area contributed by atoms with E-state index >= 15 is 0 Å². The number of nitrogens with one attached hydrogen (secondary N) is 1. The van der Waals surface area contributed by atoms with Gasteiger partial charge >= 0.3 is 17.6 Å². The van der Waals surface area contributed by atoms with Crippen LogP contribution in [-0.4, -0.2) is 61.5 Å². The molecule has 3 rings (SSSR count). The standard InChI is InChI=1S/C26H35F2N3O7S/c1-2-3-4-5-6-7-8-9-10-11-16-14-18(39-20(16)23(35)36)22(34)29-19-12-13-31(25(37)30-19)24-26(27,28)21(33)17(15-32)38-24/h12-14,17,21,24,32-33H,2-11,15H2,1H3,(H,35,36)(H,29,30,34,37)/t17-,21-,24-/m1/s1. The molecule has 39 heavy (non-hydrogen) atoms. The minimum Gasteiger partial charge on any atom is -0.477 e. The van der Waals surface area contributed by atoms with Crippen molar-refractivity contribution in [2.24, 2.45) is 0 Å². The number of anilines is 1. The number of rotatable bonds is 15. The number of aliphatic hydroxyl groups excluding tert-OH is 2. The number of unbranched alkanes of at least 4 members (excludes halogenated alkanes) is 8. The Labute approximate surface area is 228 Å². The highest BCUT2D eigenvalue weighted by Gasteiger charge is 2.59. The molecule has 1 aliphatic heterocycles. The van der Waals surface area contributed by atoms with Gasteiger partial charge in [-0.15, -0.1) is 11.3 Å². The number of aromatic nitrogens is 2. The fraction of sp³-hybridized carbons (Fsp3) is 0.615. The second-order valence-electron chi connectivity index (χ2n) is 9.63. The zero-order valence-corrected chi connectivity index (χ0v) is 22.6. The Balaban J connectivity index is 1.60. The molecule has 10 nitrogen and oxygen atoms in total. The summed E-state index contributed by atoms with van der Waals surface area (Å²) in [5.41, 5.74) is -0.617. The number of alkyl halides is 2. The van der Waals surface area contributed by atoms with Crippen molar-refractivity contribution in [3.8, 4) is 0 Å². The largest absolute Gasteiger partial charge is 0.477 e. The van der Waals surface area contributed by atoms with E-state index in [0.717, 1.165) is 49.3 Å². The lowest BCUT2D eigenvalue weighted by molar-refractivity contribution is -0.140. The molecule has 2 aromatic rings. The maximum absolute atomic E-state index is 14.4. The summed E-state index contributed by atoms with van der Waals surface area (Å²) in [5.74, 6) is -5.92. The topological polar surface area (TPSA) is 151 Å². The molecule has 0 radical (unpaired) electrons. The maximum atomic E-state index is 14.4. The Hall–Kier alpha value is -2.74. The molecule has 0 spiro atoms. The van der Waals surface area contributed by atoms with Crippen molar-refractivity contribution in [1.29, 1.82) is 0 Å². The average Bonchev–Trinajstić information content (AvgIpc) is 3.42. The summed E-state index contributed by atoms with van der Waals surface area (Å²) in [6, 6.07) is 2.62. The highest BCUT2D eigenvalue weighted by atomic mass is 32.1. The van der Waals surface area contributed by atoms with Gasteiger partial charge in [-0.2, -0.15) is 13.8 Å². The van der Waals surface area contributed by atoms with Crippen LogP contribution in [0, 0.1) is 0 Å². The van der Waals surface area contributed by atoms with Gasteiger partial charge in [0.05, 0.1) is 11.5 Å². The molecule has 0 aliphatic carbocycles. The molecule has 1 saturated heterocycles. The van der Waals surface area contributed by atoms with Gasteiger partial charge in [-0.05, 0) is 30.5 Å². The molecule has 216 valence electrons. The van der Waals surface area contributed by atoms with Crippen molar-refractivity contribution in [2.45, 2.75) is 95.5 Å². The third kappa shape index (κ3) is 7.68. The van der Waals surface area contributed by atoms with E-state index in [1.807, 2.05) is 0 Å². The van der Waals surface area contributed by atoms with Crippen molar-refractivity contribution in [3.63, 3.8) is 0 Å². The van der Waals surface area contributed by atoms with Crippen LogP contribution < -0.4 is 11.0 Å². The van der Waals surface area contributed by atoms with E-state index < -0.39 is 48.5 Å². The van der Waals surface area contributed by atoms with E-state index in [1.165, 1.54) is 38.2 Å². The SMILES string of the molecule is CCCCCCCCCCCc1cc(C(=O)Nc2ccn([C@@H]3O[C@H](CO)[C@@H](O)C3(F)F)c(=O)n2)sc1C(=O)O. The number of carboxylic acid groups (broad SMARTS) is 1. The Morgan fingerprint density at radius 1 is 1.15 bits per heavy atom. The Morgan fingerprint density at radius 2 is 1.79 bits per heavy atom. The number of thiophene rings is 1. The van der Waals surface area contributed by atoms with Gasteiger partial charge in [0.15, 0.2) is 6.10 Å². The van der Waals surface area contributed by atoms with E-state index in [9.17, 15) is 33.4 Å². The smallest absolute Gasteiger partial charge is 0.351 e. The molecule has 0 saturated carbocycles. The fourth-order valence-corrected chi connectivity index (χ4v) is 5.43. The quantitative estimate of drug-likeness (QED) is 0.232. The van der Waals surface area contributed by atoms with E-state index in [-0.39, 0.29) is 15.6 Å². The van der Waals surface area contributed by atoms with Crippen LogP contribution in [0.15, 0.2) is 23.1 Å². The van der Waals surface area contributed by atoms with Gasteiger partial charge in [0.2, 0.25) is 6.23 Å². The number of aliphatic hydroxyl groups is 2. The van der Waals surface area contributed by atoms with Gasteiger partial charge in [0.1, 0.15) is 16.8 Å². The van der Waals surface area contributed by atoms with E-state index in [2.05, 4.69) is 17.2 Å². The number of nitrogens with zero attached hydrogens (tertiary/aromatic N) is 2. The summed E-state index contributed by atoms with van der Waals surface area (Å²) < 4.78 is 34.1. The maximum Gasteiger partial charge on any atom is 0.351 e. The summed E-state index contributed by atoms with van der Waals surface area (Å²) in [6.45, 7) is 1.31. The molecule has 0 bridgehead atoms. The molecule has 0 unspecified atom stereocenters. The number of carboxylic acids is 1. The van der Waals surface area contributed by atoms with Crippen LogP contribution >= 0.6 is 11.3 Å². The molecule has 13 heteroatoms. The van der Waals surface area contributed by atoms with E-state index in [1.54, 1.807) is 0 Å². The number of aryl methyl sites for hydroxylation is 1. The number of aromatic carboxylic acids is 1. The van der Waals surface area contributed by atoms with Crippen LogP contribution in [0.3, 0.4) is 0 Å². The summed E-state index contributed by atoms with van der Waals surface area (Å²) in [6.07, 6.45) is 5.51. The predicted molar refractivity (Wildman–Crippen MR) is 141 cm³/mol. The lowest BCUT2D eigenvalue weighted by Crippen LogP contribution is -2.41. The van der Waals surface area contributed by atoms with Gasteiger partial charge in [0, 0.05) is 6.20 Å². The van der Waals surface area contributed by atoms with Crippen LogP contribution in [-0.2, 0) is 11.2 Å². The van der Waals surface area contributed by atoms with Gasteiger partial charge < -0.3 is 25.4 Å². The first-order valence-corrected chi connectivity index (χ1v) is 14.0. The number of amides is 1. The minimum absolute atomic E-state index is 0.0701. The second-order valence-corrected chi connectivity index (χ2v) is 10.7. The van der Waals surface area contributed by atoms with Crippen molar-refractivity contribution in [2.75, 3.05) is 11.9 Å².